The number of hydrogen-bond acceptors (Lipinski definition) is 5. The summed E-state index contributed by atoms with van der Waals surface area (Å²) in [7, 11) is -3.49. The maximum Gasteiger partial charge on any atom is 0.243 e. The number of carbonyl (C=O) groups is 1. The maximum atomic E-state index is 12.9. The van der Waals surface area contributed by atoms with Crippen LogP contribution in [0.1, 0.15) is 47.7 Å². The van der Waals surface area contributed by atoms with E-state index in [2.05, 4.69) is 11.4 Å². The van der Waals surface area contributed by atoms with Gasteiger partial charge in [-0.3, -0.25) is 4.79 Å². The Bertz CT molecular complexity index is 1020. The predicted octanol–water partition coefficient (Wildman–Crippen LogP) is 3.55. The van der Waals surface area contributed by atoms with Gasteiger partial charge in [-0.2, -0.15) is 9.57 Å². The maximum absolute atomic E-state index is 12.9. The Morgan fingerprint density at radius 1 is 1.14 bits per heavy atom. The molecule has 146 valence electrons. The summed E-state index contributed by atoms with van der Waals surface area (Å²) in [5.41, 5.74) is 2.29. The number of benzene rings is 2. The van der Waals surface area contributed by atoms with Crippen LogP contribution >= 0.6 is 0 Å². The molecule has 2 aromatic rings. The molecule has 7 heteroatoms. The normalized spacial score (nSPS) is 15.0. The highest BCUT2D eigenvalue weighted by atomic mass is 32.2. The summed E-state index contributed by atoms with van der Waals surface area (Å²) in [6, 6.07) is 13.8. The van der Waals surface area contributed by atoms with Crippen LogP contribution in [-0.2, 0) is 16.6 Å². The van der Waals surface area contributed by atoms with E-state index in [0.29, 0.717) is 36.4 Å². The van der Waals surface area contributed by atoms with E-state index in [0.717, 1.165) is 24.8 Å². The second-order valence-corrected chi connectivity index (χ2v) is 8.83. The first kappa shape index (κ1) is 20.1. The van der Waals surface area contributed by atoms with Crippen molar-refractivity contribution >= 4 is 21.5 Å². The first-order valence-electron chi connectivity index (χ1n) is 9.30. The van der Waals surface area contributed by atoms with Crippen molar-refractivity contribution in [1.82, 2.24) is 4.31 Å². The van der Waals surface area contributed by atoms with Crippen molar-refractivity contribution in [2.75, 3.05) is 18.4 Å². The van der Waals surface area contributed by atoms with Crippen molar-refractivity contribution in [1.29, 1.82) is 5.26 Å². The molecule has 0 aliphatic carbocycles. The number of nitriles is 1. The minimum atomic E-state index is -3.49. The van der Waals surface area contributed by atoms with Gasteiger partial charge in [0.1, 0.15) is 6.07 Å². The third-order valence-electron chi connectivity index (χ3n) is 4.88. The van der Waals surface area contributed by atoms with Gasteiger partial charge in [-0.1, -0.05) is 18.6 Å². The number of rotatable bonds is 6. The molecule has 0 saturated carbocycles. The van der Waals surface area contributed by atoms with Gasteiger partial charge in [0.25, 0.3) is 0 Å². The number of nitrogens with zero attached hydrogens (tertiary/aromatic N) is 2. The molecular weight excluding hydrogens is 374 g/mol. The van der Waals surface area contributed by atoms with Crippen LogP contribution in [0.2, 0.25) is 0 Å². The van der Waals surface area contributed by atoms with Crippen molar-refractivity contribution < 1.29 is 13.2 Å². The lowest BCUT2D eigenvalue weighted by atomic mass is 10.1. The number of piperidine rings is 1. The van der Waals surface area contributed by atoms with Gasteiger partial charge < -0.3 is 5.32 Å². The highest BCUT2D eigenvalue weighted by Crippen LogP contribution is 2.23. The van der Waals surface area contributed by atoms with E-state index in [9.17, 15) is 18.5 Å². The van der Waals surface area contributed by atoms with E-state index in [4.69, 9.17) is 0 Å². The molecule has 0 unspecified atom stereocenters. The Balaban J connectivity index is 1.80. The van der Waals surface area contributed by atoms with E-state index in [1.54, 1.807) is 40.7 Å². The number of ketones is 1. The minimum absolute atomic E-state index is 0.0813. The van der Waals surface area contributed by atoms with Crippen molar-refractivity contribution in [3.63, 3.8) is 0 Å². The van der Waals surface area contributed by atoms with Crippen LogP contribution in [0.4, 0.5) is 5.69 Å². The van der Waals surface area contributed by atoms with E-state index in [-0.39, 0.29) is 10.7 Å². The van der Waals surface area contributed by atoms with Crippen LogP contribution in [0.5, 0.6) is 0 Å². The highest BCUT2D eigenvalue weighted by molar-refractivity contribution is 7.89. The summed E-state index contributed by atoms with van der Waals surface area (Å²) in [4.78, 5) is 11.9. The van der Waals surface area contributed by atoms with Crippen molar-refractivity contribution in [2.45, 2.75) is 37.6 Å². The van der Waals surface area contributed by atoms with Gasteiger partial charge in [0, 0.05) is 25.2 Å². The molecule has 1 heterocycles. The standard InChI is InChI=1S/C21H23N3O3S/c1-16(25)18-8-9-19(14-22)21(13-18)23-15-17-6-5-7-20(12-17)28(26,27)24-10-3-2-4-11-24/h5-9,12-13,23H,2-4,10-11,15H2,1H3. The summed E-state index contributed by atoms with van der Waals surface area (Å²) >= 11 is 0. The molecule has 0 amide bonds. The Morgan fingerprint density at radius 2 is 1.89 bits per heavy atom. The molecule has 6 nitrogen and oxygen atoms in total. The number of hydrogen-bond donors (Lipinski definition) is 1. The number of sulfonamides is 1. The molecule has 28 heavy (non-hydrogen) atoms. The molecule has 1 fully saturated rings. The van der Waals surface area contributed by atoms with Crippen molar-refractivity contribution in [3.05, 3.63) is 59.2 Å². The third-order valence-corrected chi connectivity index (χ3v) is 6.78. The quantitative estimate of drug-likeness (QED) is 0.753. The number of anilines is 1. The van der Waals surface area contributed by atoms with E-state index >= 15 is 0 Å². The SMILES string of the molecule is CC(=O)c1ccc(C#N)c(NCc2cccc(S(=O)(=O)N3CCCCC3)c2)c1. The van der Waals surface area contributed by atoms with Crippen molar-refractivity contribution in [2.24, 2.45) is 0 Å². The molecule has 1 saturated heterocycles. The average Bonchev–Trinajstić information content (AvgIpc) is 2.72. The zero-order valence-electron chi connectivity index (χ0n) is 15.8. The Labute approximate surface area is 165 Å². The zero-order chi connectivity index (χ0) is 20.1. The third kappa shape index (κ3) is 4.41. The van der Waals surface area contributed by atoms with Gasteiger partial charge in [0.15, 0.2) is 5.78 Å². The molecule has 2 aromatic carbocycles. The molecule has 1 aliphatic heterocycles. The van der Waals surface area contributed by atoms with Gasteiger partial charge in [0.05, 0.1) is 16.1 Å². The van der Waals surface area contributed by atoms with Crippen LogP contribution in [-0.4, -0.2) is 31.6 Å². The molecule has 1 aliphatic rings. The molecule has 0 atom stereocenters. The van der Waals surface area contributed by atoms with Crippen LogP contribution in [0.3, 0.4) is 0 Å². The average molecular weight is 398 g/mol. The summed E-state index contributed by atoms with van der Waals surface area (Å²) < 4.78 is 27.3. The topological polar surface area (TPSA) is 90.3 Å². The predicted molar refractivity (Wildman–Crippen MR) is 108 cm³/mol. The van der Waals surface area contributed by atoms with Crippen LogP contribution < -0.4 is 5.32 Å². The Hall–Kier alpha value is -2.69. The van der Waals surface area contributed by atoms with E-state index < -0.39 is 10.0 Å². The van der Waals surface area contributed by atoms with Gasteiger partial charge in [-0.15, -0.1) is 0 Å². The second kappa shape index (κ2) is 8.55. The fourth-order valence-corrected chi connectivity index (χ4v) is 4.86. The van der Waals surface area contributed by atoms with E-state index in [1.165, 1.54) is 6.92 Å². The Kier molecular flexibility index (Phi) is 6.12. The first-order chi connectivity index (χ1) is 13.4. The molecule has 1 N–H and O–H groups in total. The zero-order valence-corrected chi connectivity index (χ0v) is 16.6. The minimum Gasteiger partial charge on any atom is -0.380 e. The fourth-order valence-electron chi connectivity index (χ4n) is 3.27. The molecule has 0 aromatic heterocycles. The fraction of sp³-hybridized carbons (Fsp3) is 0.333. The lowest BCUT2D eigenvalue weighted by Gasteiger charge is -2.26. The summed E-state index contributed by atoms with van der Waals surface area (Å²) in [6.07, 6.45) is 2.85. The first-order valence-corrected chi connectivity index (χ1v) is 10.7. The number of Topliss-reactive ketones (excluding diaryl/α,β-unsaturated/α-hetero) is 1. The van der Waals surface area contributed by atoms with Gasteiger partial charge in [0.2, 0.25) is 10.0 Å². The van der Waals surface area contributed by atoms with E-state index in [1.807, 2.05) is 6.07 Å². The Morgan fingerprint density at radius 3 is 2.57 bits per heavy atom. The number of carbonyl (C=O) groups excluding carboxylic acids is 1. The van der Waals surface area contributed by atoms with Gasteiger partial charge in [-0.25, -0.2) is 8.42 Å². The summed E-state index contributed by atoms with van der Waals surface area (Å²) in [6.45, 7) is 2.95. The number of nitrogens with one attached hydrogen (secondary N) is 1. The van der Waals surface area contributed by atoms with Gasteiger partial charge in [-0.05, 0) is 55.7 Å². The lowest BCUT2D eigenvalue weighted by molar-refractivity contribution is 0.101. The lowest BCUT2D eigenvalue weighted by Crippen LogP contribution is -2.35. The molecule has 0 radical (unpaired) electrons. The molecular formula is C21H23N3O3S. The van der Waals surface area contributed by atoms with Crippen molar-refractivity contribution in [3.8, 4) is 6.07 Å². The summed E-state index contributed by atoms with van der Waals surface area (Å²) in [5, 5.41) is 12.4. The second-order valence-electron chi connectivity index (χ2n) is 6.89. The monoisotopic (exact) mass is 397 g/mol. The van der Waals surface area contributed by atoms with Crippen LogP contribution in [0.25, 0.3) is 0 Å². The molecule has 3 rings (SSSR count). The smallest absolute Gasteiger partial charge is 0.243 e. The molecule has 0 spiro atoms. The molecule has 0 bridgehead atoms. The van der Waals surface area contributed by atoms with Gasteiger partial charge >= 0.3 is 0 Å². The largest absolute Gasteiger partial charge is 0.380 e. The van der Waals surface area contributed by atoms with Crippen LogP contribution in [0, 0.1) is 11.3 Å². The summed E-state index contributed by atoms with van der Waals surface area (Å²) in [5.74, 6) is -0.0813. The van der Waals surface area contributed by atoms with Crippen LogP contribution in [0.15, 0.2) is 47.4 Å². The highest BCUT2D eigenvalue weighted by Gasteiger charge is 2.25.